The topological polar surface area (TPSA) is 78.5 Å². The fraction of sp³-hybridized carbons (Fsp3) is 0.278. The molecule has 0 atom stereocenters. The van der Waals surface area contributed by atoms with Gasteiger partial charge in [-0.25, -0.2) is 17.2 Å². The number of carbonyl (C=O) groups excluding carboxylic acids is 1. The molecule has 0 heterocycles. The first-order valence-electron chi connectivity index (χ1n) is 8.20. The minimum Gasteiger partial charge on any atom is -0.352 e. The van der Waals surface area contributed by atoms with Crippen LogP contribution in [-0.2, 0) is 10.0 Å². The largest absolute Gasteiger partial charge is 0.352 e. The predicted octanol–water partition coefficient (Wildman–Crippen LogP) is 2.45. The highest BCUT2D eigenvalue weighted by Crippen LogP contribution is 2.18. The normalized spacial score (nSPS) is 11.4. The van der Waals surface area contributed by atoms with Crippen molar-refractivity contribution in [2.75, 3.05) is 31.9 Å². The van der Waals surface area contributed by atoms with Crippen LogP contribution in [-0.4, -0.2) is 46.4 Å². The smallest absolute Gasteiger partial charge is 0.261 e. The van der Waals surface area contributed by atoms with E-state index in [1.807, 2.05) is 19.0 Å². The fourth-order valence-electron chi connectivity index (χ4n) is 2.25. The third kappa shape index (κ3) is 6.00. The summed E-state index contributed by atoms with van der Waals surface area (Å²) in [5.74, 6) is -2.64. The van der Waals surface area contributed by atoms with Crippen LogP contribution < -0.4 is 10.0 Å². The van der Waals surface area contributed by atoms with E-state index in [4.69, 9.17) is 0 Å². The minimum absolute atomic E-state index is 0.198. The first kappa shape index (κ1) is 20.8. The van der Waals surface area contributed by atoms with Gasteiger partial charge in [0.2, 0.25) is 0 Å². The van der Waals surface area contributed by atoms with Crippen molar-refractivity contribution < 1.29 is 22.0 Å². The van der Waals surface area contributed by atoms with E-state index >= 15 is 0 Å². The fourth-order valence-corrected chi connectivity index (χ4v) is 3.32. The van der Waals surface area contributed by atoms with Gasteiger partial charge in [0, 0.05) is 17.8 Å². The number of nitrogens with one attached hydrogen (secondary N) is 2. The molecule has 2 aromatic carbocycles. The summed E-state index contributed by atoms with van der Waals surface area (Å²) in [5.41, 5.74) is 0.583. The average Bonchev–Trinajstić information content (AvgIpc) is 2.61. The van der Waals surface area contributed by atoms with Crippen molar-refractivity contribution >= 4 is 21.6 Å². The molecule has 2 N–H and O–H groups in total. The van der Waals surface area contributed by atoms with Gasteiger partial charge in [-0.2, -0.15) is 0 Å². The second kappa shape index (κ2) is 8.92. The lowest BCUT2D eigenvalue weighted by Gasteiger charge is -2.11. The molecule has 9 heteroatoms. The molecule has 2 aromatic rings. The van der Waals surface area contributed by atoms with E-state index in [9.17, 15) is 22.0 Å². The zero-order chi connectivity index (χ0) is 20.0. The van der Waals surface area contributed by atoms with Crippen LogP contribution in [0.3, 0.4) is 0 Å². The first-order valence-corrected chi connectivity index (χ1v) is 9.68. The van der Waals surface area contributed by atoms with Crippen molar-refractivity contribution in [3.05, 3.63) is 59.7 Å². The van der Waals surface area contributed by atoms with Gasteiger partial charge >= 0.3 is 0 Å². The van der Waals surface area contributed by atoms with Gasteiger partial charge < -0.3 is 10.2 Å². The predicted molar refractivity (Wildman–Crippen MR) is 99.1 cm³/mol. The van der Waals surface area contributed by atoms with E-state index in [1.165, 1.54) is 24.3 Å². The van der Waals surface area contributed by atoms with Crippen molar-refractivity contribution in [3.63, 3.8) is 0 Å². The van der Waals surface area contributed by atoms with Crippen LogP contribution in [0.15, 0.2) is 47.4 Å². The molecule has 0 aliphatic heterocycles. The molecule has 0 aromatic heterocycles. The third-order valence-corrected chi connectivity index (χ3v) is 5.05. The average molecular weight is 397 g/mol. The molecule has 0 aliphatic carbocycles. The summed E-state index contributed by atoms with van der Waals surface area (Å²) in [6.45, 7) is 1.38. The van der Waals surface area contributed by atoms with Gasteiger partial charge in [-0.15, -0.1) is 0 Å². The standard InChI is InChI=1S/C18H21F2N3O3S/c1-23(2)11-3-10-21-18(24)13-4-6-14(7-5-13)22-27(25,26)15-8-9-16(19)17(20)12-15/h4-9,12,22H,3,10-11H2,1-2H3,(H,21,24). The molecule has 2 rings (SSSR count). The Labute approximate surface area is 157 Å². The molecular weight excluding hydrogens is 376 g/mol. The quantitative estimate of drug-likeness (QED) is 0.671. The van der Waals surface area contributed by atoms with E-state index in [0.717, 1.165) is 25.1 Å². The summed E-state index contributed by atoms with van der Waals surface area (Å²) in [6, 6.07) is 8.12. The van der Waals surface area contributed by atoms with Gasteiger partial charge in [-0.05, 0) is 69.5 Å². The van der Waals surface area contributed by atoms with Crippen LogP contribution in [0.25, 0.3) is 0 Å². The monoisotopic (exact) mass is 397 g/mol. The van der Waals surface area contributed by atoms with Crippen LogP contribution in [0.2, 0.25) is 0 Å². The minimum atomic E-state index is -4.07. The van der Waals surface area contributed by atoms with Gasteiger partial charge in [-0.1, -0.05) is 0 Å². The van der Waals surface area contributed by atoms with Gasteiger partial charge in [-0.3, -0.25) is 9.52 Å². The molecule has 0 unspecified atom stereocenters. The zero-order valence-corrected chi connectivity index (χ0v) is 15.8. The number of amides is 1. The Hall–Kier alpha value is -2.52. The third-order valence-electron chi connectivity index (χ3n) is 3.67. The summed E-state index contributed by atoms with van der Waals surface area (Å²) in [6.07, 6.45) is 0.810. The Morgan fingerprint density at radius 2 is 1.70 bits per heavy atom. The number of anilines is 1. The van der Waals surface area contributed by atoms with Crippen LogP contribution in [0, 0.1) is 11.6 Å². The van der Waals surface area contributed by atoms with Crippen LogP contribution >= 0.6 is 0 Å². The molecule has 0 bridgehead atoms. The van der Waals surface area contributed by atoms with Crippen molar-refractivity contribution in [2.45, 2.75) is 11.3 Å². The van der Waals surface area contributed by atoms with E-state index < -0.39 is 26.6 Å². The number of hydrogen-bond donors (Lipinski definition) is 2. The molecule has 6 nitrogen and oxygen atoms in total. The molecule has 0 saturated carbocycles. The lowest BCUT2D eigenvalue weighted by Crippen LogP contribution is -2.27. The summed E-state index contributed by atoms with van der Waals surface area (Å²) in [7, 11) is -0.181. The molecule has 0 spiro atoms. The molecular formula is C18H21F2N3O3S. The van der Waals surface area contributed by atoms with E-state index in [-0.39, 0.29) is 11.6 Å². The number of rotatable bonds is 8. The Morgan fingerprint density at radius 3 is 2.30 bits per heavy atom. The van der Waals surface area contributed by atoms with E-state index in [0.29, 0.717) is 18.2 Å². The summed E-state index contributed by atoms with van der Waals surface area (Å²) < 4.78 is 52.9. The number of nitrogens with zero attached hydrogens (tertiary/aromatic N) is 1. The highest BCUT2D eigenvalue weighted by Gasteiger charge is 2.17. The molecule has 0 fully saturated rings. The van der Waals surface area contributed by atoms with Crippen LogP contribution in [0.1, 0.15) is 16.8 Å². The van der Waals surface area contributed by atoms with Gasteiger partial charge in [0.15, 0.2) is 11.6 Å². The van der Waals surface area contributed by atoms with Gasteiger partial charge in [0.25, 0.3) is 15.9 Å². The van der Waals surface area contributed by atoms with Gasteiger partial charge in [0.05, 0.1) is 4.90 Å². The number of halogens is 2. The molecule has 0 aliphatic rings. The molecule has 1 amide bonds. The second-order valence-electron chi connectivity index (χ2n) is 6.17. The molecule has 0 radical (unpaired) electrons. The lowest BCUT2D eigenvalue weighted by molar-refractivity contribution is 0.0952. The summed E-state index contributed by atoms with van der Waals surface area (Å²) in [5, 5.41) is 2.78. The Morgan fingerprint density at radius 1 is 1.04 bits per heavy atom. The van der Waals surface area contributed by atoms with Crippen LogP contribution in [0.4, 0.5) is 14.5 Å². The lowest BCUT2D eigenvalue weighted by atomic mass is 10.2. The van der Waals surface area contributed by atoms with Crippen molar-refractivity contribution in [3.8, 4) is 0 Å². The molecule has 146 valence electrons. The van der Waals surface area contributed by atoms with Gasteiger partial charge in [0.1, 0.15) is 0 Å². The highest BCUT2D eigenvalue weighted by molar-refractivity contribution is 7.92. The van der Waals surface area contributed by atoms with Crippen molar-refractivity contribution in [1.29, 1.82) is 0 Å². The summed E-state index contributed by atoms with van der Waals surface area (Å²) >= 11 is 0. The highest BCUT2D eigenvalue weighted by atomic mass is 32.2. The maximum absolute atomic E-state index is 13.2. The Bertz CT molecular complexity index is 901. The van der Waals surface area contributed by atoms with Crippen LogP contribution in [0.5, 0.6) is 0 Å². The zero-order valence-electron chi connectivity index (χ0n) is 15.0. The first-order chi connectivity index (χ1) is 12.7. The van der Waals surface area contributed by atoms with Crippen molar-refractivity contribution in [2.24, 2.45) is 0 Å². The molecule has 27 heavy (non-hydrogen) atoms. The number of sulfonamides is 1. The number of benzene rings is 2. The maximum Gasteiger partial charge on any atom is 0.261 e. The number of carbonyl (C=O) groups is 1. The molecule has 0 saturated heterocycles. The Kier molecular flexibility index (Phi) is 6.86. The second-order valence-corrected chi connectivity index (χ2v) is 7.85. The SMILES string of the molecule is CN(C)CCCNC(=O)c1ccc(NS(=O)(=O)c2ccc(F)c(F)c2)cc1. The maximum atomic E-state index is 13.2. The Balaban J connectivity index is 2.00. The van der Waals surface area contributed by atoms with E-state index in [2.05, 4.69) is 10.0 Å². The number of hydrogen-bond acceptors (Lipinski definition) is 4. The van der Waals surface area contributed by atoms with Crippen molar-refractivity contribution in [1.82, 2.24) is 10.2 Å². The van der Waals surface area contributed by atoms with E-state index in [1.54, 1.807) is 0 Å². The summed E-state index contributed by atoms with van der Waals surface area (Å²) in [4.78, 5) is 13.7.